The Labute approximate surface area is 206 Å². The minimum Gasteiger partial charge on any atom is -0.480 e. The molecule has 13 heteroatoms. The zero-order valence-corrected chi connectivity index (χ0v) is 20.4. The van der Waals surface area contributed by atoms with E-state index in [0.29, 0.717) is 4.88 Å². The van der Waals surface area contributed by atoms with Crippen molar-refractivity contribution in [3.63, 3.8) is 0 Å². The van der Waals surface area contributed by atoms with Gasteiger partial charge in [-0.3, -0.25) is 18.7 Å². The second kappa shape index (κ2) is 10.2. The lowest BCUT2D eigenvalue weighted by molar-refractivity contribution is -0.274. The summed E-state index contributed by atoms with van der Waals surface area (Å²) in [5, 5.41) is 9.78. The Hall–Kier alpha value is -3.61. The van der Waals surface area contributed by atoms with Crippen LogP contribution in [0.4, 0.5) is 13.2 Å². The summed E-state index contributed by atoms with van der Waals surface area (Å²) in [6.07, 6.45) is -5.30. The topological polar surface area (TPSA) is 117 Å². The van der Waals surface area contributed by atoms with E-state index < -0.39 is 40.8 Å². The molecule has 2 aromatic heterocycles. The minimum absolute atomic E-state index is 0.00745. The molecule has 9 nitrogen and oxygen atoms in total. The number of carboxylic acid groups (broad SMARTS) is 1. The summed E-state index contributed by atoms with van der Waals surface area (Å²) >= 11 is 0.923. The number of benzene rings is 1. The van der Waals surface area contributed by atoms with Gasteiger partial charge in [-0.15, -0.1) is 24.5 Å². The number of carbonyl (C=O) groups is 2. The first-order valence-electron chi connectivity index (χ1n) is 10.8. The first-order valence-corrected chi connectivity index (χ1v) is 11.6. The van der Waals surface area contributed by atoms with E-state index in [-0.39, 0.29) is 41.8 Å². The number of aliphatic carboxylic acids is 1. The molecule has 0 aliphatic rings. The smallest absolute Gasteiger partial charge is 0.480 e. The summed E-state index contributed by atoms with van der Waals surface area (Å²) in [6, 6.07) is 6.70. The van der Waals surface area contributed by atoms with Crippen LogP contribution in [0.3, 0.4) is 0 Å². The highest BCUT2D eigenvalue weighted by Gasteiger charge is 2.35. The van der Waals surface area contributed by atoms with Crippen LogP contribution in [-0.2, 0) is 39.3 Å². The van der Waals surface area contributed by atoms with Crippen molar-refractivity contribution in [3.05, 3.63) is 61.6 Å². The molecule has 0 atom stereocenters. The first-order chi connectivity index (χ1) is 16.8. The molecule has 0 aliphatic carbocycles. The molecule has 0 spiro atoms. The number of thiophene rings is 1. The lowest BCUT2D eigenvalue weighted by Gasteiger charge is -2.24. The highest BCUT2D eigenvalue weighted by atomic mass is 32.1. The van der Waals surface area contributed by atoms with E-state index in [0.717, 1.165) is 26.5 Å². The third-order valence-electron chi connectivity index (χ3n) is 5.37. The Morgan fingerprint density at radius 1 is 1.14 bits per heavy atom. The molecule has 0 saturated heterocycles. The van der Waals surface area contributed by atoms with Gasteiger partial charge in [-0.05, 0) is 44.9 Å². The van der Waals surface area contributed by atoms with Crippen LogP contribution in [0.1, 0.15) is 31.2 Å². The molecule has 2 heterocycles. The summed E-state index contributed by atoms with van der Waals surface area (Å²) in [4.78, 5) is 51.0. The van der Waals surface area contributed by atoms with Crippen LogP contribution in [0.2, 0.25) is 0 Å². The normalized spacial score (nSPS) is 12.1. The molecule has 0 amide bonds. The van der Waals surface area contributed by atoms with E-state index >= 15 is 0 Å². The fraction of sp³-hybridized carbons (Fsp3) is 0.391. The maximum Gasteiger partial charge on any atom is 0.573 e. The highest BCUT2D eigenvalue weighted by Crippen LogP contribution is 2.29. The number of ether oxygens (including phenoxy) is 2. The van der Waals surface area contributed by atoms with E-state index in [1.807, 2.05) is 0 Å². The number of fused-ring (bicyclic) bond motifs is 1. The second-order valence-corrected chi connectivity index (χ2v) is 9.37. The monoisotopic (exact) mass is 528 g/mol. The van der Waals surface area contributed by atoms with Gasteiger partial charge in [-0.1, -0.05) is 18.2 Å². The molecule has 1 N–H and O–H groups in total. The number of rotatable bonds is 9. The molecule has 0 unspecified atom stereocenters. The standard InChI is InChI=1S/C23H23F3N2O7S/c1-4-34-17(29)12-14-11-15-18(30)27(21(33)28(19(15)36-14)22(2,3)20(31)32)10-9-13-7-5-6-8-16(13)35-23(24,25)26/h5-8,11H,4,9-10,12H2,1-3H3,(H,31,32). The zero-order chi connectivity index (χ0) is 26.8. The maximum absolute atomic E-state index is 13.4. The van der Waals surface area contributed by atoms with Gasteiger partial charge in [0.15, 0.2) is 0 Å². The van der Waals surface area contributed by atoms with Crippen molar-refractivity contribution in [2.75, 3.05) is 6.61 Å². The quantitative estimate of drug-likeness (QED) is 0.424. The number of carbonyl (C=O) groups excluding carboxylic acids is 1. The fourth-order valence-electron chi connectivity index (χ4n) is 3.58. The molecule has 3 rings (SSSR count). The van der Waals surface area contributed by atoms with Gasteiger partial charge >= 0.3 is 24.0 Å². The number of carboxylic acids is 1. The van der Waals surface area contributed by atoms with Crippen LogP contribution >= 0.6 is 11.3 Å². The van der Waals surface area contributed by atoms with Crippen LogP contribution < -0.4 is 16.0 Å². The number of hydrogen-bond acceptors (Lipinski definition) is 7. The van der Waals surface area contributed by atoms with Gasteiger partial charge < -0.3 is 14.6 Å². The Balaban J connectivity index is 2.13. The van der Waals surface area contributed by atoms with Crippen molar-refractivity contribution in [1.82, 2.24) is 9.13 Å². The fourth-order valence-corrected chi connectivity index (χ4v) is 4.85. The average molecular weight is 529 g/mol. The molecule has 194 valence electrons. The van der Waals surface area contributed by atoms with E-state index in [1.54, 1.807) is 6.92 Å². The van der Waals surface area contributed by atoms with Crippen LogP contribution in [0.5, 0.6) is 5.75 Å². The van der Waals surface area contributed by atoms with Gasteiger partial charge in [0.2, 0.25) is 0 Å². The Kier molecular flexibility index (Phi) is 7.62. The van der Waals surface area contributed by atoms with Crippen molar-refractivity contribution in [2.24, 2.45) is 0 Å². The number of aryl methyl sites for hydroxylation is 1. The van der Waals surface area contributed by atoms with Crippen molar-refractivity contribution in [2.45, 2.75) is 52.1 Å². The Morgan fingerprint density at radius 2 is 1.81 bits per heavy atom. The molecule has 0 bridgehead atoms. The third kappa shape index (κ3) is 5.61. The van der Waals surface area contributed by atoms with Crippen LogP contribution in [0.15, 0.2) is 39.9 Å². The summed E-state index contributed by atoms with van der Waals surface area (Å²) in [7, 11) is 0. The molecule has 0 aliphatic heterocycles. The maximum atomic E-state index is 13.4. The van der Waals surface area contributed by atoms with Gasteiger partial charge in [0.25, 0.3) is 5.56 Å². The van der Waals surface area contributed by atoms with E-state index in [4.69, 9.17) is 4.74 Å². The van der Waals surface area contributed by atoms with Gasteiger partial charge in [0.05, 0.1) is 18.4 Å². The third-order valence-corrected chi connectivity index (χ3v) is 6.49. The summed E-state index contributed by atoms with van der Waals surface area (Å²) in [5.74, 6) is -2.38. The molecular formula is C23H23F3N2O7S. The number of para-hydroxylation sites is 1. The SMILES string of the molecule is CCOC(=O)Cc1cc2c(=O)n(CCc3ccccc3OC(F)(F)F)c(=O)n(C(C)(C)C(=O)O)c2s1. The summed E-state index contributed by atoms with van der Waals surface area (Å²) in [6.45, 7) is 3.99. The molecule has 36 heavy (non-hydrogen) atoms. The molecule has 3 aromatic rings. The molecular weight excluding hydrogens is 505 g/mol. The largest absolute Gasteiger partial charge is 0.573 e. The number of esters is 1. The predicted octanol–water partition coefficient (Wildman–Crippen LogP) is 3.29. The van der Waals surface area contributed by atoms with E-state index in [9.17, 15) is 37.5 Å². The highest BCUT2D eigenvalue weighted by molar-refractivity contribution is 7.18. The summed E-state index contributed by atoms with van der Waals surface area (Å²) in [5.41, 5.74) is -3.39. The Morgan fingerprint density at radius 3 is 2.42 bits per heavy atom. The van der Waals surface area contributed by atoms with Crippen molar-refractivity contribution in [1.29, 1.82) is 0 Å². The Bertz CT molecular complexity index is 1420. The van der Waals surface area contributed by atoms with Crippen LogP contribution in [0, 0.1) is 0 Å². The number of halogens is 3. The number of aromatic nitrogens is 2. The van der Waals surface area contributed by atoms with Crippen molar-refractivity contribution in [3.8, 4) is 5.75 Å². The van der Waals surface area contributed by atoms with Crippen LogP contribution in [-0.4, -0.2) is 39.1 Å². The van der Waals surface area contributed by atoms with Gasteiger partial charge in [0.1, 0.15) is 16.1 Å². The lowest BCUT2D eigenvalue weighted by Crippen LogP contribution is -2.49. The average Bonchev–Trinajstić information content (AvgIpc) is 3.16. The molecule has 0 fully saturated rings. The van der Waals surface area contributed by atoms with Gasteiger partial charge in [-0.25, -0.2) is 9.59 Å². The lowest BCUT2D eigenvalue weighted by atomic mass is 10.1. The van der Waals surface area contributed by atoms with Crippen LogP contribution in [0.25, 0.3) is 10.2 Å². The number of hydrogen-bond donors (Lipinski definition) is 1. The minimum atomic E-state index is -4.93. The number of alkyl halides is 3. The second-order valence-electron chi connectivity index (χ2n) is 8.26. The van der Waals surface area contributed by atoms with Gasteiger partial charge in [0, 0.05) is 11.4 Å². The predicted molar refractivity (Wildman–Crippen MR) is 124 cm³/mol. The van der Waals surface area contributed by atoms with Gasteiger partial charge in [-0.2, -0.15) is 0 Å². The molecule has 0 radical (unpaired) electrons. The van der Waals surface area contributed by atoms with Crippen molar-refractivity contribution >= 4 is 33.5 Å². The van der Waals surface area contributed by atoms with E-state index in [2.05, 4.69) is 4.74 Å². The number of nitrogens with zero attached hydrogens (tertiary/aromatic N) is 2. The molecule has 1 aromatic carbocycles. The first kappa shape index (κ1) is 27.0. The zero-order valence-electron chi connectivity index (χ0n) is 19.5. The summed E-state index contributed by atoms with van der Waals surface area (Å²) < 4.78 is 49.0. The van der Waals surface area contributed by atoms with Crippen molar-refractivity contribution < 1.29 is 37.3 Å². The van der Waals surface area contributed by atoms with E-state index in [1.165, 1.54) is 38.1 Å². The molecule has 0 saturated carbocycles.